The van der Waals surface area contributed by atoms with Gasteiger partial charge in [-0.05, 0) is 29.8 Å². The maximum Gasteiger partial charge on any atom is 0.345 e. The molecule has 0 amide bonds. The number of aryl methyl sites for hydroxylation is 1. The summed E-state index contributed by atoms with van der Waals surface area (Å²) in [6.45, 7) is 0. The lowest BCUT2D eigenvalue weighted by molar-refractivity contribution is 0.439. The van der Waals surface area contributed by atoms with Gasteiger partial charge in [0.2, 0.25) is 0 Å². The van der Waals surface area contributed by atoms with E-state index in [1.165, 1.54) is 41.9 Å². The van der Waals surface area contributed by atoms with Crippen molar-refractivity contribution in [3.8, 4) is 23.6 Å². The maximum absolute atomic E-state index is 15.0. The highest BCUT2D eigenvalue weighted by Gasteiger charge is 2.18. The first-order valence-corrected chi connectivity index (χ1v) is 8.40. The van der Waals surface area contributed by atoms with Crippen LogP contribution in [0.25, 0.3) is 0 Å². The number of aromatic nitrogens is 3. The van der Waals surface area contributed by atoms with Crippen LogP contribution in [0.15, 0.2) is 35.1 Å². The molecule has 0 unspecified atom stereocenters. The van der Waals surface area contributed by atoms with Gasteiger partial charge in [-0.3, -0.25) is 4.57 Å². The van der Waals surface area contributed by atoms with E-state index < -0.39 is 5.82 Å². The zero-order chi connectivity index (χ0) is 20.4. The van der Waals surface area contributed by atoms with E-state index in [1.54, 1.807) is 7.05 Å². The summed E-state index contributed by atoms with van der Waals surface area (Å²) in [5.74, 6) is -0.470. The molecule has 1 aromatic heterocycles. The van der Waals surface area contributed by atoms with Crippen molar-refractivity contribution in [2.45, 2.75) is 6.42 Å². The van der Waals surface area contributed by atoms with E-state index in [0.717, 1.165) is 4.68 Å². The fourth-order valence-corrected chi connectivity index (χ4v) is 2.83. The lowest BCUT2D eigenvalue weighted by atomic mass is 10.1. The number of hydrogen-bond donors (Lipinski definition) is 0. The van der Waals surface area contributed by atoms with Gasteiger partial charge in [0.1, 0.15) is 11.6 Å². The third-order valence-corrected chi connectivity index (χ3v) is 4.38. The van der Waals surface area contributed by atoms with Gasteiger partial charge < -0.3 is 4.74 Å². The van der Waals surface area contributed by atoms with E-state index in [2.05, 4.69) is 5.10 Å². The van der Waals surface area contributed by atoms with E-state index in [-0.39, 0.29) is 45.3 Å². The number of halogens is 2. The first-order chi connectivity index (χ1) is 13.3. The topological polar surface area (TPSA) is 96.6 Å². The normalized spacial score (nSPS) is 10.4. The lowest BCUT2D eigenvalue weighted by Gasteiger charge is -2.12. The smallest absolute Gasteiger partial charge is 0.345 e. The van der Waals surface area contributed by atoms with Crippen LogP contribution >= 0.6 is 11.6 Å². The molecule has 3 aromatic rings. The highest BCUT2D eigenvalue weighted by Crippen LogP contribution is 2.35. The summed E-state index contributed by atoms with van der Waals surface area (Å²) in [6.07, 6.45) is 0.0492. The Morgan fingerprint density at radius 3 is 2.36 bits per heavy atom. The van der Waals surface area contributed by atoms with Crippen LogP contribution in [0.1, 0.15) is 22.5 Å². The third-order valence-electron chi connectivity index (χ3n) is 4.08. The molecule has 140 valence electrons. The Morgan fingerprint density at radius 1 is 1.18 bits per heavy atom. The molecular weight excluding hydrogens is 385 g/mol. The largest absolute Gasteiger partial charge is 0.453 e. The molecule has 0 N–H and O–H groups in total. The number of rotatable bonds is 4. The van der Waals surface area contributed by atoms with Crippen LogP contribution in [0.4, 0.5) is 4.39 Å². The molecule has 0 saturated carbocycles. The number of nitriles is 2. The van der Waals surface area contributed by atoms with E-state index >= 15 is 4.39 Å². The van der Waals surface area contributed by atoms with Gasteiger partial charge in [-0.2, -0.15) is 15.6 Å². The van der Waals surface area contributed by atoms with E-state index in [4.69, 9.17) is 26.9 Å². The Labute approximate surface area is 164 Å². The molecule has 0 aliphatic heterocycles. The quantitative estimate of drug-likeness (QED) is 0.674. The minimum atomic E-state index is -0.716. The van der Waals surface area contributed by atoms with Crippen molar-refractivity contribution in [2.24, 2.45) is 14.1 Å². The SMILES string of the molecule is Cn1nc(Cc2ccc(Cl)c(Oc3cc(C#N)cc(C#N)c3)c2F)n(C)c1=O. The van der Waals surface area contributed by atoms with Gasteiger partial charge in [0.15, 0.2) is 11.6 Å². The molecule has 3 rings (SSSR count). The van der Waals surface area contributed by atoms with E-state index in [1.807, 2.05) is 12.1 Å². The standard InChI is InChI=1S/C19H13ClFN5O2/c1-25-16(24-26(2)19(25)27)8-13-3-4-15(20)18(17(13)21)28-14-6-11(9-22)5-12(7-14)10-23/h3-7H,8H2,1-2H3. The summed E-state index contributed by atoms with van der Waals surface area (Å²) in [4.78, 5) is 11.8. The number of nitrogens with zero attached hydrogens (tertiary/aromatic N) is 5. The van der Waals surface area contributed by atoms with Crippen molar-refractivity contribution in [1.29, 1.82) is 10.5 Å². The van der Waals surface area contributed by atoms with Crippen molar-refractivity contribution in [3.63, 3.8) is 0 Å². The highest BCUT2D eigenvalue weighted by molar-refractivity contribution is 6.32. The zero-order valence-electron chi connectivity index (χ0n) is 14.9. The molecule has 28 heavy (non-hydrogen) atoms. The summed E-state index contributed by atoms with van der Waals surface area (Å²) < 4.78 is 23.1. The molecule has 9 heteroatoms. The molecule has 7 nitrogen and oxygen atoms in total. The average molecular weight is 398 g/mol. The lowest BCUT2D eigenvalue weighted by Crippen LogP contribution is -2.20. The van der Waals surface area contributed by atoms with Crippen LogP contribution in [0, 0.1) is 28.5 Å². The molecule has 1 heterocycles. The van der Waals surface area contributed by atoms with Gasteiger partial charge in [0.25, 0.3) is 0 Å². The fourth-order valence-electron chi connectivity index (χ4n) is 2.64. The van der Waals surface area contributed by atoms with Crippen LogP contribution in [-0.4, -0.2) is 14.3 Å². The summed E-state index contributed by atoms with van der Waals surface area (Å²) >= 11 is 6.09. The van der Waals surface area contributed by atoms with Gasteiger partial charge in [0, 0.05) is 20.5 Å². The Balaban J connectivity index is 2.00. The average Bonchev–Trinajstić information content (AvgIpc) is 2.93. The summed E-state index contributed by atoms with van der Waals surface area (Å²) in [5, 5.41) is 22.2. The van der Waals surface area contributed by atoms with Crippen molar-refractivity contribution in [3.05, 3.63) is 74.2 Å². The van der Waals surface area contributed by atoms with Crippen LogP contribution in [0.5, 0.6) is 11.5 Å². The first-order valence-electron chi connectivity index (χ1n) is 8.03. The van der Waals surface area contributed by atoms with Gasteiger partial charge >= 0.3 is 5.69 Å². The first kappa shape index (κ1) is 19.2. The van der Waals surface area contributed by atoms with Gasteiger partial charge in [-0.25, -0.2) is 13.9 Å². The highest BCUT2D eigenvalue weighted by atomic mass is 35.5. The predicted octanol–water partition coefficient (Wildman–Crippen LogP) is 3.04. The van der Waals surface area contributed by atoms with E-state index in [0.29, 0.717) is 5.82 Å². The number of ether oxygens (including phenoxy) is 1. The second kappa shape index (κ2) is 7.55. The van der Waals surface area contributed by atoms with Crippen LogP contribution < -0.4 is 10.4 Å². The molecule has 0 bridgehead atoms. The Hall–Kier alpha value is -3.62. The zero-order valence-corrected chi connectivity index (χ0v) is 15.7. The van der Waals surface area contributed by atoms with Crippen molar-refractivity contribution in [1.82, 2.24) is 14.3 Å². The van der Waals surface area contributed by atoms with Crippen molar-refractivity contribution < 1.29 is 9.13 Å². The van der Waals surface area contributed by atoms with Gasteiger partial charge in [-0.1, -0.05) is 17.7 Å². The minimum Gasteiger partial charge on any atom is -0.453 e. The van der Waals surface area contributed by atoms with Crippen LogP contribution in [0.2, 0.25) is 5.02 Å². The minimum absolute atomic E-state index is 0.0250. The Kier molecular flexibility index (Phi) is 5.16. The van der Waals surface area contributed by atoms with Crippen molar-refractivity contribution in [2.75, 3.05) is 0 Å². The third kappa shape index (κ3) is 3.59. The second-order valence-corrected chi connectivity index (χ2v) is 6.39. The van der Waals surface area contributed by atoms with Crippen LogP contribution in [-0.2, 0) is 20.5 Å². The Bertz CT molecular complexity index is 1180. The summed E-state index contributed by atoms with van der Waals surface area (Å²) in [7, 11) is 3.06. The van der Waals surface area contributed by atoms with Crippen LogP contribution in [0.3, 0.4) is 0 Å². The van der Waals surface area contributed by atoms with E-state index in [9.17, 15) is 4.79 Å². The Morgan fingerprint density at radius 2 is 1.82 bits per heavy atom. The van der Waals surface area contributed by atoms with Gasteiger partial charge in [-0.15, -0.1) is 0 Å². The maximum atomic E-state index is 15.0. The number of benzene rings is 2. The van der Waals surface area contributed by atoms with Crippen molar-refractivity contribution >= 4 is 11.6 Å². The fraction of sp³-hybridized carbons (Fsp3) is 0.158. The molecule has 0 radical (unpaired) electrons. The number of hydrogen-bond acceptors (Lipinski definition) is 5. The second-order valence-electron chi connectivity index (χ2n) is 5.98. The summed E-state index contributed by atoms with van der Waals surface area (Å²) in [6, 6.07) is 10.9. The molecule has 0 atom stereocenters. The molecule has 0 aliphatic carbocycles. The molecule has 0 spiro atoms. The predicted molar refractivity (Wildman–Crippen MR) is 98.6 cm³/mol. The molecule has 0 fully saturated rings. The molecule has 2 aromatic carbocycles. The molecular formula is C19H13ClFN5O2. The molecule has 0 saturated heterocycles. The molecule has 0 aliphatic rings. The summed E-state index contributed by atoms with van der Waals surface area (Å²) in [5.41, 5.74) is 0.304. The van der Waals surface area contributed by atoms with Gasteiger partial charge in [0.05, 0.1) is 28.3 Å². The monoisotopic (exact) mass is 397 g/mol.